The van der Waals surface area contributed by atoms with Crippen LogP contribution in [-0.2, 0) is 26.1 Å². The summed E-state index contributed by atoms with van der Waals surface area (Å²) in [7, 11) is 1.81. The lowest BCUT2D eigenvalue weighted by molar-refractivity contribution is 0.0792. The fourth-order valence-corrected chi connectivity index (χ4v) is 3.76. The number of piperidine rings is 1. The topological polar surface area (TPSA) is 59.9 Å². The number of hydrogen-bond acceptors (Lipinski definition) is 3. The second-order valence-electron chi connectivity index (χ2n) is 7.73. The van der Waals surface area contributed by atoms with Crippen molar-refractivity contribution < 1.29 is 5.11 Å². The van der Waals surface area contributed by atoms with Crippen LogP contribution in [0, 0.1) is 0 Å². The van der Waals surface area contributed by atoms with E-state index < -0.39 is 0 Å². The number of nitrogens with one attached hydrogen (secondary N) is 2. The van der Waals surface area contributed by atoms with Crippen molar-refractivity contribution >= 4 is 5.96 Å². The SMILES string of the molecule is CCc1ccccc1CNC(=NC)NCc1ccc(CN2CCC(O)CC2)cc1. The van der Waals surface area contributed by atoms with Crippen LogP contribution in [-0.4, -0.2) is 42.2 Å². The van der Waals surface area contributed by atoms with Crippen LogP contribution in [0.25, 0.3) is 0 Å². The third-order valence-corrected chi connectivity index (χ3v) is 5.62. The van der Waals surface area contributed by atoms with Gasteiger partial charge < -0.3 is 15.7 Å². The van der Waals surface area contributed by atoms with E-state index in [0.717, 1.165) is 57.9 Å². The maximum Gasteiger partial charge on any atom is 0.191 e. The maximum absolute atomic E-state index is 9.63. The molecule has 0 atom stereocenters. The van der Waals surface area contributed by atoms with Gasteiger partial charge in [-0.25, -0.2) is 0 Å². The highest BCUT2D eigenvalue weighted by Crippen LogP contribution is 2.14. The van der Waals surface area contributed by atoms with E-state index in [-0.39, 0.29) is 6.10 Å². The highest BCUT2D eigenvalue weighted by Gasteiger charge is 2.16. The third-order valence-electron chi connectivity index (χ3n) is 5.62. The van der Waals surface area contributed by atoms with Crippen molar-refractivity contribution in [3.8, 4) is 0 Å². The molecule has 0 amide bonds. The molecule has 1 saturated heterocycles. The van der Waals surface area contributed by atoms with Gasteiger partial charge in [0.15, 0.2) is 5.96 Å². The van der Waals surface area contributed by atoms with E-state index in [9.17, 15) is 5.11 Å². The van der Waals surface area contributed by atoms with Gasteiger partial charge in [0.2, 0.25) is 0 Å². The summed E-state index contributed by atoms with van der Waals surface area (Å²) in [5.74, 6) is 0.812. The van der Waals surface area contributed by atoms with Crippen molar-refractivity contribution in [3.05, 3.63) is 70.8 Å². The van der Waals surface area contributed by atoms with Gasteiger partial charge in [-0.2, -0.15) is 0 Å². The molecule has 1 fully saturated rings. The Morgan fingerprint density at radius 3 is 2.24 bits per heavy atom. The number of hydrogen-bond donors (Lipinski definition) is 3. The minimum absolute atomic E-state index is 0.113. The van der Waals surface area contributed by atoms with E-state index in [1.807, 2.05) is 0 Å². The lowest BCUT2D eigenvalue weighted by Crippen LogP contribution is -2.36. The Morgan fingerprint density at radius 2 is 1.59 bits per heavy atom. The van der Waals surface area contributed by atoms with Crippen LogP contribution in [0.4, 0.5) is 0 Å². The van der Waals surface area contributed by atoms with Crippen LogP contribution in [0.3, 0.4) is 0 Å². The zero-order chi connectivity index (χ0) is 20.5. The van der Waals surface area contributed by atoms with E-state index in [0.29, 0.717) is 0 Å². The first-order valence-corrected chi connectivity index (χ1v) is 10.7. The molecule has 0 bridgehead atoms. The maximum atomic E-state index is 9.63. The Morgan fingerprint density at radius 1 is 0.966 bits per heavy atom. The Labute approximate surface area is 174 Å². The minimum Gasteiger partial charge on any atom is -0.393 e. The van der Waals surface area contributed by atoms with Crippen molar-refractivity contribution in [1.82, 2.24) is 15.5 Å². The van der Waals surface area contributed by atoms with Gasteiger partial charge in [-0.1, -0.05) is 55.5 Å². The molecule has 0 aromatic heterocycles. The standard InChI is InChI=1S/C24H34N4O/c1-3-21-6-4-5-7-22(21)17-27-24(25-2)26-16-19-8-10-20(11-9-19)18-28-14-12-23(29)13-15-28/h4-11,23,29H,3,12-18H2,1-2H3,(H2,25,26,27). The van der Waals surface area contributed by atoms with Gasteiger partial charge in [0.05, 0.1) is 6.10 Å². The molecule has 0 spiro atoms. The summed E-state index contributed by atoms with van der Waals surface area (Å²) >= 11 is 0. The van der Waals surface area contributed by atoms with E-state index >= 15 is 0 Å². The molecule has 1 heterocycles. The van der Waals surface area contributed by atoms with Gasteiger partial charge in [-0.05, 0) is 41.5 Å². The first-order valence-electron chi connectivity index (χ1n) is 10.7. The summed E-state index contributed by atoms with van der Waals surface area (Å²) in [5.41, 5.74) is 5.24. The third kappa shape index (κ3) is 6.58. The van der Waals surface area contributed by atoms with Crippen molar-refractivity contribution in [3.63, 3.8) is 0 Å². The van der Waals surface area contributed by atoms with Gasteiger partial charge in [-0.3, -0.25) is 9.89 Å². The summed E-state index contributed by atoms with van der Waals surface area (Å²) in [6.45, 7) is 6.62. The molecular weight excluding hydrogens is 360 g/mol. The van der Waals surface area contributed by atoms with E-state index in [4.69, 9.17) is 0 Å². The molecule has 29 heavy (non-hydrogen) atoms. The van der Waals surface area contributed by atoms with Crippen LogP contribution in [0.5, 0.6) is 0 Å². The summed E-state index contributed by atoms with van der Waals surface area (Å²) in [6, 6.07) is 17.3. The molecule has 5 nitrogen and oxygen atoms in total. The summed E-state index contributed by atoms with van der Waals surface area (Å²) in [5, 5.41) is 16.4. The van der Waals surface area contributed by atoms with Crippen LogP contribution in [0.15, 0.2) is 53.5 Å². The zero-order valence-corrected chi connectivity index (χ0v) is 17.7. The molecule has 2 aromatic carbocycles. The predicted octanol–water partition coefficient (Wildman–Crippen LogP) is 3.07. The summed E-state index contributed by atoms with van der Waals surface area (Å²) < 4.78 is 0. The number of benzene rings is 2. The molecule has 1 aliphatic heterocycles. The highest BCUT2D eigenvalue weighted by molar-refractivity contribution is 5.79. The smallest absolute Gasteiger partial charge is 0.191 e. The van der Waals surface area contributed by atoms with E-state index in [1.165, 1.54) is 22.3 Å². The molecule has 156 valence electrons. The second kappa shape index (κ2) is 11.0. The quantitative estimate of drug-likeness (QED) is 0.499. The Balaban J connectivity index is 1.45. The van der Waals surface area contributed by atoms with Crippen molar-refractivity contribution in [2.45, 2.75) is 51.9 Å². The number of aliphatic hydroxyl groups excluding tert-OH is 1. The van der Waals surface area contributed by atoms with Crippen LogP contribution < -0.4 is 10.6 Å². The Bertz CT molecular complexity index is 780. The fourth-order valence-electron chi connectivity index (χ4n) is 3.76. The number of nitrogens with zero attached hydrogens (tertiary/aromatic N) is 2. The average Bonchev–Trinajstić information content (AvgIpc) is 2.76. The largest absolute Gasteiger partial charge is 0.393 e. The van der Waals surface area contributed by atoms with Crippen LogP contribution in [0.2, 0.25) is 0 Å². The molecule has 0 radical (unpaired) electrons. The van der Waals surface area contributed by atoms with Gasteiger partial charge >= 0.3 is 0 Å². The Kier molecular flexibility index (Phi) is 8.08. The van der Waals surface area contributed by atoms with Gasteiger partial charge in [0.25, 0.3) is 0 Å². The molecule has 2 aromatic rings. The molecule has 3 rings (SSSR count). The number of likely N-dealkylation sites (tertiary alicyclic amines) is 1. The minimum atomic E-state index is -0.113. The van der Waals surface area contributed by atoms with E-state index in [2.05, 4.69) is 76.0 Å². The Hall–Kier alpha value is -2.37. The first-order chi connectivity index (χ1) is 14.2. The monoisotopic (exact) mass is 394 g/mol. The van der Waals surface area contributed by atoms with Gasteiger partial charge in [0, 0.05) is 39.8 Å². The summed E-state index contributed by atoms with van der Waals surface area (Å²) in [6.07, 6.45) is 2.69. The lowest BCUT2D eigenvalue weighted by atomic mass is 10.1. The fraction of sp³-hybridized carbons (Fsp3) is 0.458. The molecule has 3 N–H and O–H groups in total. The molecular formula is C24H34N4O. The van der Waals surface area contributed by atoms with Gasteiger partial charge in [-0.15, -0.1) is 0 Å². The number of aliphatic hydroxyl groups is 1. The highest BCUT2D eigenvalue weighted by atomic mass is 16.3. The first kappa shape index (κ1) is 21.3. The molecule has 1 aliphatic rings. The number of aryl methyl sites for hydroxylation is 1. The van der Waals surface area contributed by atoms with Crippen molar-refractivity contribution in [2.75, 3.05) is 20.1 Å². The second-order valence-corrected chi connectivity index (χ2v) is 7.73. The van der Waals surface area contributed by atoms with Crippen molar-refractivity contribution in [2.24, 2.45) is 4.99 Å². The molecule has 0 unspecified atom stereocenters. The summed E-state index contributed by atoms with van der Waals surface area (Å²) in [4.78, 5) is 6.76. The molecule has 0 saturated carbocycles. The number of guanidine groups is 1. The normalized spacial score (nSPS) is 16.0. The lowest BCUT2D eigenvalue weighted by Gasteiger charge is -2.29. The number of aliphatic imine (C=N–C) groups is 1. The van der Waals surface area contributed by atoms with Crippen molar-refractivity contribution in [1.29, 1.82) is 0 Å². The molecule has 5 heteroatoms. The number of rotatable bonds is 7. The van der Waals surface area contributed by atoms with Gasteiger partial charge in [0.1, 0.15) is 0 Å². The van der Waals surface area contributed by atoms with E-state index in [1.54, 1.807) is 7.05 Å². The zero-order valence-electron chi connectivity index (χ0n) is 17.7. The van der Waals surface area contributed by atoms with Crippen LogP contribution >= 0.6 is 0 Å². The predicted molar refractivity (Wildman–Crippen MR) is 120 cm³/mol. The van der Waals surface area contributed by atoms with Crippen LogP contribution in [0.1, 0.15) is 42.0 Å². The molecule has 0 aliphatic carbocycles. The average molecular weight is 395 g/mol.